The summed E-state index contributed by atoms with van der Waals surface area (Å²) in [5, 5.41) is 3.24. The van der Waals surface area contributed by atoms with E-state index in [-0.39, 0.29) is 0 Å². The lowest BCUT2D eigenvalue weighted by Gasteiger charge is -2.12. The molecule has 3 heteroatoms. The Bertz CT molecular complexity index is 429. The van der Waals surface area contributed by atoms with Crippen molar-refractivity contribution in [1.82, 2.24) is 5.32 Å². The Kier molecular flexibility index (Phi) is 2.54. The van der Waals surface area contributed by atoms with E-state index in [0.717, 1.165) is 17.8 Å². The molecule has 2 rings (SSSR count). The summed E-state index contributed by atoms with van der Waals surface area (Å²) >= 11 is 0. The van der Waals surface area contributed by atoms with Gasteiger partial charge in [-0.3, -0.25) is 4.79 Å². The van der Waals surface area contributed by atoms with Gasteiger partial charge in [-0.05, 0) is 23.8 Å². The van der Waals surface area contributed by atoms with E-state index in [2.05, 4.69) is 5.32 Å². The Labute approximate surface area is 88.3 Å². The van der Waals surface area contributed by atoms with Crippen molar-refractivity contribution in [3.05, 3.63) is 53.6 Å². The van der Waals surface area contributed by atoms with E-state index < -0.39 is 5.91 Å². The molecule has 76 valence electrons. The van der Waals surface area contributed by atoms with E-state index >= 15 is 0 Å². The molecule has 1 aliphatic rings. The number of hydrogen-bond donors (Lipinski definition) is 2. The number of carbonyl (C=O) groups is 1. The predicted octanol–water partition coefficient (Wildman–Crippen LogP) is 1.29. The largest absolute Gasteiger partial charge is 0.381 e. The van der Waals surface area contributed by atoms with Crippen LogP contribution in [0.1, 0.15) is 15.9 Å². The van der Waals surface area contributed by atoms with Crippen LogP contribution in [-0.2, 0) is 0 Å². The van der Waals surface area contributed by atoms with Crippen LogP contribution in [0.25, 0.3) is 5.70 Å². The molecule has 3 N–H and O–H groups in total. The lowest BCUT2D eigenvalue weighted by atomic mass is 10.1. The summed E-state index contributed by atoms with van der Waals surface area (Å²) in [5.74, 6) is -0.396. The van der Waals surface area contributed by atoms with Gasteiger partial charge in [0.15, 0.2) is 0 Å². The number of primary amides is 1. The van der Waals surface area contributed by atoms with E-state index in [1.807, 2.05) is 30.4 Å². The molecule has 0 unspecified atom stereocenters. The van der Waals surface area contributed by atoms with E-state index in [4.69, 9.17) is 5.73 Å². The molecule has 0 saturated heterocycles. The first-order valence-corrected chi connectivity index (χ1v) is 4.78. The van der Waals surface area contributed by atoms with Gasteiger partial charge in [0, 0.05) is 17.8 Å². The zero-order chi connectivity index (χ0) is 10.7. The van der Waals surface area contributed by atoms with E-state index in [1.165, 1.54) is 0 Å². The van der Waals surface area contributed by atoms with Crippen LogP contribution in [0.4, 0.5) is 0 Å². The maximum Gasteiger partial charge on any atom is 0.248 e. The van der Waals surface area contributed by atoms with Crippen LogP contribution in [0.3, 0.4) is 0 Å². The molecular formula is C12H12N2O. The van der Waals surface area contributed by atoms with Gasteiger partial charge in [-0.15, -0.1) is 0 Å². The summed E-state index contributed by atoms with van der Waals surface area (Å²) in [6.45, 7) is 0.837. The van der Waals surface area contributed by atoms with Crippen LogP contribution in [-0.4, -0.2) is 12.5 Å². The Morgan fingerprint density at radius 3 is 2.53 bits per heavy atom. The molecule has 0 aromatic heterocycles. The van der Waals surface area contributed by atoms with Crippen molar-refractivity contribution < 1.29 is 4.79 Å². The van der Waals surface area contributed by atoms with Crippen LogP contribution >= 0.6 is 0 Å². The normalized spacial score (nSPS) is 14.3. The van der Waals surface area contributed by atoms with Crippen molar-refractivity contribution in [3.8, 4) is 0 Å². The minimum absolute atomic E-state index is 0.396. The van der Waals surface area contributed by atoms with Crippen LogP contribution in [0.15, 0.2) is 42.5 Å². The summed E-state index contributed by atoms with van der Waals surface area (Å²) in [5.41, 5.74) is 7.82. The van der Waals surface area contributed by atoms with Gasteiger partial charge < -0.3 is 11.1 Å². The minimum Gasteiger partial charge on any atom is -0.381 e. The number of nitrogens with one attached hydrogen (secondary N) is 1. The van der Waals surface area contributed by atoms with Gasteiger partial charge in [0.25, 0.3) is 0 Å². The predicted molar refractivity (Wildman–Crippen MR) is 60.1 cm³/mol. The topological polar surface area (TPSA) is 55.1 Å². The van der Waals surface area contributed by atoms with E-state index in [1.54, 1.807) is 12.1 Å². The van der Waals surface area contributed by atoms with Crippen molar-refractivity contribution in [2.75, 3.05) is 6.54 Å². The van der Waals surface area contributed by atoms with Crippen LogP contribution in [0.5, 0.6) is 0 Å². The van der Waals surface area contributed by atoms with Gasteiger partial charge in [0.05, 0.1) is 0 Å². The van der Waals surface area contributed by atoms with Crippen molar-refractivity contribution in [1.29, 1.82) is 0 Å². The fourth-order valence-corrected chi connectivity index (χ4v) is 1.47. The highest BCUT2D eigenvalue weighted by Gasteiger charge is 2.03. The molecule has 1 amide bonds. The quantitative estimate of drug-likeness (QED) is 0.755. The Morgan fingerprint density at radius 2 is 2.00 bits per heavy atom. The fourth-order valence-electron chi connectivity index (χ4n) is 1.47. The Balaban J connectivity index is 2.27. The third-order valence-corrected chi connectivity index (χ3v) is 2.29. The van der Waals surface area contributed by atoms with Gasteiger partial charge in [-0.2, -0.15) is 0 Å². The molecule has 1 heterocycles. The first-order valence-electron chi connectivity index (χ1n) is 4.78. The van der Waals surface area contributed by atoms with Gasteiger partial charge in [0.2, 0.25) is 5.91 Å². The SMILES string of the molecule is NC(=O)c1ccc(C2=CC=CCN2)cc1. The number of nitrogens with two attached hydrogens (primary N) is 1. The van der Waals surface area contributed by atoms with Crippen molar-refractivity contribution >= 4 is 11.6 Å². The standard InChI is InChI=1S/C12H12N2O/c13-12(15)10-6-4-9(5-7-10)11-3-1-2-8-14-11/h1-7,14H,8H2,(H2,13,15). The first kappa shape index (κ1) is 9.52. The van der Waals surface area contributed by atoms with Crippen molar-refractivity contribution in [2.45, 2.75) is 0 Å². The maximum atomic E-state index is 10.9. The molecule has 0 saturated carbocycles. The summed E-state index contributed by atoms with van der Waals surface area (Å²) in [7, 11) is 0. The molecular weight excluding hydrogens is 188 g/mol. The molecule has 15 heavy (non-hydrogen) atoms. The number of allylic oxidation sites excluding steroid dienone is 2. The average molecular weight is 200 g/mol. The molecule has 1 aromatic carbocycles. The molecule has 0 spiro atoms. The zero-order valence-electron chi connectivity index (χ0n) is 8.23. The molecule has 1 aromatic rings. The monoisotopic (exact) mass is 200 g/mol. The molecule has 1 aliphatic heterocycles. The second-order valence-corrected chi connectivity index (χ2v) is 3.33. The van der Waals surface area contributed by atoms with Crippen molar-refractivity contribution in [3.63, 3.8) is 0 Å². The van der Waals surface area contributed by atoms with Gasteiger partial charge in [0.1, 0.15) is 0 Å². The smallest absolute Gasteiger partial charge is 0.248 e. The lowest BCUT2D eigenvalue weighted by Crippen LogP contribution is -2.15. The first-order chi connectivity index (χ1) is 7.27. The molecule has 0 aliphatic carbocycles. The minimum atomic E-state index is -0.396. The van der Waals surface area contributed by atoms with E-state index in [0.29, 0.717) is 5.56 Å². The summed E-state index contributed by atoms with van der Waals surface area (Å²) in [4.78, 5) is 10.9. The Hall–Kier alpha value is -2.03. The second kappa shape index (κ2) is 4.00. The number of dihydropyridines is 1. The number of hydrogen-bond acceptors (Lipinski definition) is 2. The number of rotatable bonds is 2. The van der Waals surface area contributed by atoms with Crippen LogP contribution in [0.2, 0.25) is 0 Å². The highest BCUT2D eigenvalue weighted by atomic mass is 16.1. The highest BCUT2D eigenvalue weighted by molar-refractivity contribution is 5.93. The molecule has 0 bridgehead atoms. The number of amides is 1. The average Bonchev–Trinajstić information content (AvgIpc) is 2.30. The van der Waals surface area contributed by atoms with Gasteiger partial charge in [-0.25, -0.2) is 0 Å². The van der Waals surface area contributed by atoms with E-state index in [9.17, 15) is 4.79 Å². The molecule has 0 radical (unpaired) electrons. The Morgan fingerprint density at radius 1 is 1.27 bits per heavy atom. The third-order valence-electron chi connectivity index (χ3n) is 2.29. The van der Waals surface area contributed by atoms with Crippen LogP contribution in [0, 0.1) is 0 Å². The summed E-state index contributed by atoms with van der Waals surface area (Å²) in [6, 6.07) is 7.24. The highest BCUT2D eigenvalue weighted by Crippen LogP contribution is 2.14. The van der Waals surface area contributed by atoms with Crippen molar-refractivity contribution in [2.24, 2.45) is 5.73 Å². The number of benzene rings is 1. The molecule has 0 fully saturated rings. The maximum absolute atomic E-state index is 10.9. The molecule has 0 atom stereocenters. The summed E-state index contributed by atoms with van der Waals surface area (Å²) < 4.78 is 0. The third kappa shape index (κ3) is 2.07. The zero-order valence-corrected chi connectivity index (χ0v) is 8.23. The number of carbonyl (C=O) groups excluding carboxylic acids is 1. The lowest BCUT2D eigenvalue weighted by molar-refractivity contribution is 0.100. The van der Waals surface area contributed by atoms with Crippen LogP contribution < -0.4 is 11.1 Å². The van der Waals surface area contributed by atoms with Gasteiger partial charge in [-0.1, -0.05) is 24.3 Å². The fraction of sp³-hybridized carbons (Fsp3) is 0.0833. The second-order valence-electron chi connectivity index (χ2n) is 3.33. The molecule has 3 nitrogen and oxygen atoms in total. The summed E-state index contributed by atoms with van der Waals surface area (Å²) in [6.07, 6.45) is 6.05. The van der Waals surface area contributed by atoms with Gasteiger partial charge >= 0.3 is 0 Å².